The van der Waals surface area contributed by atoms with E-state index < -0.39 is 37.1 Å². The van der Waals surface area contributed by atoms with Crippen LogP contribution in [0.3, 0.4) is 0 Å². The van der Waals surface area contributed by atoms with E-state index in [1.165, 1.54) is 6.07 Å². The molecule has 3 N–H and O–H groups in total. The van der Waals surface area contributed by atoms with Gasteiger partial charge in [-0.2, -0.15) is 0 Å². The van der Waals surface area contributed by atoms with E-state index in [0.29, 0.717) is 5.56 Å². The molecule has 1 rings (SSSR count). The highest BCUT2D eigenvalue weighted by molar-refractivity contribution is 7.62. The lowest BCUT2D eigenvalue weighted by molar-refractivity contribution is -0.167. The number of carboxylic acid groups (broad SMARTS) is 1. The minimum Gasteiger partial charge on any atom is -0.481 e. The van der Waals surface area contributed by atoms with Crippen LogP contribution in [0, 0.1) is 5.92 Å². The van der Waals surface area contributed by atoms with Gasteiger partial charge in [-0.25, -0.2) is 0 Å². The average Bonchev–Trinajstić information content (AvgIpc) is 2.53. The molecule has 9 heteroatoms. The summed E-state index contributed by atoms with van der Waals surface area (Å²) in [6, 6.07) is 4.90. The van der Waals surface area contributed by atoms with Gasteiger partial charge in [0.2, 0.25) is 0 Å². The van der Waals surface area contributed by atoms with E-state index in [9.17, 15) is 19.3 Å². The van der Waals surface area contributed by atoms with Crippen LogP contribution < -0.4 is 11.0 Å². The Morgan fingerprint density at radius 2 is 1.74 bits per heavy atom. The number of hydrogen-bond donors (Lipinski definition) is 2. The Balaban J connectivity index is 3.25. The number of nitrogens with two attached hydrogens (primary N) is 1. The first-order chi connectivity index (χ1) is 12.4. The van der Waals surface area contributed by atoms with Crippen molar-refractivity contribution < 1.29 is 33.0 Å². The molecule has 0 aromatic heterocycles. The molecule has 0 bridgehead atoms. The molecular formula is C18H28NO7P. The second kappa shape index (κ2) is 9.46. The second-order valence-electron chi connectivity index (χ2n) is 6.80. The molecule has 0 aliphatic heterocycles. The Bertz CT molecular complexity index is 704. The van der Waals surface area contributed by atoms with E-state index in [-0.39, 0.29) is 18.5 Å². The van der Waals surface area contributed by atoms with Gasteiger partial charge in [-0.3, -0.25) is 14.2 Å². The molecule has 0 spiro atoms. The largest absolute Gasteiger partial charge is 0.481 e. The molecule has 0 radical (unpaired) electrons. The quantitative estimate of drug-likeness (QED) is 0.367. The number of ether oxygens (including phenoxy) is 1. The Morgan fingerprint density at radius 3 is 2.19 bits per heavy atom. The molecule has 2 atom stereocenters. The van der Waals surface area contributed by atoms with Crippen molar-refractivity contribution in [2.24, 2.45) is 11.7 Å². The summed E-state index contributed by atoms with van der Waals surface area (Å²) < 4.78 is 28.7. The predicted octanol–water partition coefficient (Wildman–Crippen LogP) is 2.62. The number of aliphatic carboxylic acids is 1. The zero-order valence-corrected chi connectivity index (χ0v) is 17.2. The normalized spacial score (nSPS) is 14.4. The van der Waals surface area contributed by atoms with Crippen molar-refractivity contribution in [1.82, 2.24) is 0 Å². The molecule has 0 aliphatic carbocycles. The first-order valence-corrected chi connectivity index (χ1v) is 10.2. The topological polar surface area (TPSA) is 125 Å². The van der Waals surface area contributed by atoms with Crippen LogP contribution in [-0.4, -0.2) is 35.9 Å². The maximum Gasteiger partial charge on any atom is 0.361 e. The van der Waals surface area contributed by atoms with Gasteiger partial charge in [-0.1, -0.05) is 12.1 Å². The third-order valence-electron chi connectivity index (χ3n) is 3.46. The monoisotopic (exact) mass is 401 g/mol. The fourth-order valence-corrected chi connectivity index (χ4v) is 4.02. The van der Waals surface area contributed by atoms with Crippen LogP contribution in [0.4, 0.5) is 0 Å². The van der Waals surface area contributed by atoms with Crippen LogP contribution in [0.15, 0.2) is 24.3 Å². The van der Waals surface area contributed by atoms with Crippen LogP contribution in [-0.2, 0) is 27.9 Å². The van der Waals surface area contributed by atoms with Gasteiger partial charge in [0, 0.05) is 0 Å². The molecule has 1 aromatic carbocycles. The molecule has 1 aromatic rings. The van der Waals surface area contributed by atoms with Gasteiger partial charge in [-0.05, 0) is 52.3 Å². The van der Waals surface area contributed by atoms with Crippen LogP contribution >= 0.6 is 7.60 Å². The molecule has 0 fully saturated rings. The lowest BCUT2D eigenvalue weighted by atomic mass is 9.93. The van der Waals surface area contributed by atoms with E-state index in [2.05, 4.69) is 0 Å². The first kappa shape index (κ1) is 23.3. The van der Waals surface area contributed by atoms with Crippen molar-refractivity contribution in [3.05, 3.63) is 29.8 Å². The SMILES string of the molecule is CCOP(=O)(OCC)c1cccc(C(N)C(C(=O)O)C(=O)OC(C)(C)C)c1. The van der Waals surface area contributed by atoms with E-state index in [4.69, 9.17) is 19.5 Å². The van der Waals surface area contributed by atoms with Crippen molar-refractivity contribution in [3.63, 3.8) is 0 Å². The van der Waals surface area contributed by atoms with Crippen LogP contribution in [0.25, 0.3) is 0 Å². The molecule has 152 valence electrons. The van der Waals surface area contributed by atoms with Gasteiger partial charge in [-0.15, -0.1) is 0 Å². The van der Waals surface area contributed by atoms with Crippen molar-refractivity contribution in [1.29, 1.82) is 0 Å². The fourth-order valence-electron chi connectivity index (χ4n) is 2.39. The van der Waals surface area contributed by atoms with E-state index in [0.717, 1.165) is 0 Å². The lowest BCUT2D eigenvalue weighted by Crippen LogP contribution is -2.39. The highest BCUT2D eigenvalue weighted by Crippen LogP contribution is 2.47. The summed E-state index contributed by atoms with van der Waals surface area (Å²) in [5, 5.41) is 9.73. The Morgan fingerprint density at radius 1 is 1.19 bits per heavy atom. The Kier molecular flexibility index (Phi) is 8.17. The molecule has 0 amide bonds. The zero-order chi connectivity index (χ0) is 20.8. The molecular weight excluding hydrogens is 373 g/mol. The Hall–Kier alpha value is -1.73. The van der Waals surface area contributed by atoms with Gasteiger partial charge < -0.3 is 24.6 Å². The van der Waals surface area contributed by atoms with E-state index >= 15 is 0 Å². The number of benzene rings is 1. The van der Waals surface area contributed by atoms with Gasteiger partial charge in [0.05, 0.1) is 24.6 Å². The van der Waals surface area contributed by atoms with Crippen molar-refractivity contribution in [2.45, 2.75) is 46.3 Å². The second-order valence-corrected chi connectivity index (χ2v) is 8.83. The molecule has 0 saturated carbocycles. The molecule has 8 nitrogen and oxygen atoms in total. The van der Waals surface area contributed by atoms with E-state index in [1.54, 1.807) is 52.8 Å². The molecule has 0 aliphatic rings. The minimum absolute atomic E-state index is 0.170. The maximum atomic E-state index is 12.9. The third kappa shape index (κ3) is 6.43. The van der Waals surface area contributed by atoms with Crippen molar-refractivity contribution in [3.8, 4) is 0 Å². The third-order valence-corrected chi connectivity index (χ3v) is 5.56. The first-order valence-electron chi connectivity index (χ1n) is 8.66. The number of carbonyl (C=O) groups excluding carboxylic acids is 1. The molecule has 0 heterocycles. The zero-order valence-electron chi connectivity index (χ0n) is 16.3. The summed E-state index contributed by atoms with van der Waals surface area (Å²) in [6.07, 6.45) is 0. The number of carbonyl (C=O) groups is 2. The van der Waals surface area contributed by atoms with Crippen molar-refractivity contribution >= 4 is 24.8 Å². The van der Waals surface area contributed by atoms with Gasteiger partial charge in [0.15, 0.2) is 5.92 Å². The highest BCUT2D eigenvalue weighted by Gasteiger charge is 2.38. The number of rotatable bonds is 9. The lowest BCUT2D eigenvalue weighted by Gasteiger charge is -2.25. The van der Waals surface area contributed by atoms with Crippen LogP contribution in [0.1, 0.15) is 46.2 Å². The van der Waals surface area contributed by atoms with Crippen LogP contribution in [0.2, 0.25) is 0 Å². The smallest absolute Gasteiger partial charge is 0.361 e. The summed E-state index contributed by atoms with van der Waals surface area (Å²) in [5.41, 5.74) is 5.52. The minimum atomic E-state index is -3.57. The summed E-state index contributed by atoms with van der Waals surface area (Å²) >= 11 is 0. The summed E-state index contributed by atoms with van der Waals surface area (Å²) in [7, 11) is -3.57. The van der Waals surface area contributed by atoms with Gasteiger partial charge in [0.25, 0.3) is 0 Å². The number of hydrogen-bond acceptors (Lipinski definition) is 7. The highest BCUT2D eigenvalue weighted by atomic mass is 31.2. The molecule has 27 heavy (non-hydrogen) atoms. The van der Waals surface area contributed by atoms with Gasteiger partial charge >= 0.3 is 19.5 Å². The Labute approximate surface area is 159 Å². The number of carboxylic acids is 1. The summed E-state index contributed by atoms with van der Waals surface area (Å²) in [4.78, 5) is 24.0. The van der Waals surface area contributed by atoms with Crippen molar-refractivity contribution in [2.75, 3.05) is 13.2 Å². The predicted molar refractivity (Wildman–Crippen MR) is 101 cm³/mol. The molecule has 2 unspecified atom stereocenters. The summed E-state index contributed by atoms with van der Waals surface area (Å²) in [6.45, 7) is 8.62. The fraction of sp³-hybridized carbons (Fsp3) is 0.556. The average molecular weight is 401 g/mol. The number of esters is 1. The molecule has 0 saturated heterocycles. The van der Waals surface area contributed by atoms with Crippen LogP contribution in [0.5, 0.6) is 0 Å². The van der Waals surface area contributed by atoms with E-state index in [1.807, 2.05) is 0 Å². The standard InChI is InChI=1S/C18H28NO7P/c1-6-24-27(23,25-7-2)13-10-8-9-12(11-13)15(19)14(16(20)21)17(22)26-18(3,4)5/h8-11,14-15H,6-7,19H2,1-5H3,(H,20,21). The van der Waals surface area contributed by atoms with Gasteiger partial charge in [0.1, 0.15) is 5.60 Å². The maximum absolute atomic E-state index is 12.9. The summed E-state index contributed by atoms with van der Waals surface area (Å²) in [5.74, 6) is -3.95.